The number of thioether (sulfide) groups is 1. The van der Waals surface area contributed by atoms with Crippen molar-refractivity contribution < 1.29 is 14.4 Å². The summed E-state index contributed by atoms with van der Waals surface area (Å²) in [7, 11) is 1.27. The lowest BCUT2D eigenvalue weighted by atomic mass is 10.7. The van der Waals surface area contributed by atoms with Gasteiger partial charge in [-0.2, -0.15) is 5.06 Å². The van der Waals surface area contributed by atoms with Crippen molar-refractivity contribution >= 4 is 23.1 Å². The fourth-order valence-corrected chi connectivity index (χ4v) is 1.34. The summed E-state index contributed by atoms with van der Waals surface area (Å²) in [5, 5.41) is 2.14. The van der Waals surface area contributed by atoms with Crippen LogP contribution < -0.4 is 0 Å². The maximum atomic E-state index is 10.7. The summed E-state index contributed by atoms with van der Waals surface area (Å²) in [5.74, 6) is 0. The van der Waals surface area contributed by atoms with E-state index in [1.54, 1.807) is 0 Å². The molecule has 0 unspecified atom stereocenters. The quantitative estimate of drug-likeness (QED) is 0.570. The summed E-state index contributed by atoms with van der Waals surface area (Å²) in [6, 6.07) is 0. The topological polar surface area (TPSA) is 51.1 Å². The predicted octanol–water partition coefficient (Wildman–Crippen LogP) is 0.719. The number of amidine groups is 1. The molecule has 5 nitrogen and oxygen atoms in total. The van der Waals surface area contributed by atoms with Crippen LogP contribution in [-0.2, 0) is 9.57 Å². The number of methoxy groups -OCH3 is 1. The van der Waals surface area contributed by atoms with Crippen LogP contribution in [0, 0.1) is 0 Å². The molecule has 1 heterocycles. The molecule has 12 heavy (non-hydrogen) atoms. The Morgan fingerprint density at radius 2 is 2.50 bits per heavy atom. The van der Waals surface area contributed by atoms with Crippen LogP contribution in [0.5, 0.6) is 0 Å². The van der Waals surface area contributed by atoms with Gasteiger partial charge < -0.3 is 9.57 Å². The minimum Gasteiger partial charge on any atom is -0.436 e. The highest BCUT2D eigenvalue weighted by molar-refractivity contribution is 8.13. The zero-order valence-electron chi connectivity index (χ0n) is 6.94. The smallest absolute Gasteiger partial charge is 0.436 e. The zero-order valence-corrected chi connectivity index (χ0v) is 7.76. The average molecular weight is 190 g/mol. The van der Waals surface area contributed by atoms with Gasteiger partial charge in [0, 0.05) is 0 Å². The number of hydrogen-bond acceptors (Lipinski definition) is 6. The van der Waals surface area contributed by atoms with E-state index < -0.39 is 6.16 Å². The number of rotatable bonds is 1. The van der Waals surface area contributed by atoms with Crippen LogP contribution in [0.1, 0.15) is 0 Å². The minimum absolute atomic E-state index is 0.602. The van der Waals surface area contributed by atoms with E-state index in [1.807, 2.05) is 6.26 Å². The zero-order chi connectivity index (χ0) is 8.97. The Balaban J connectivity index is 2.43. The van der Waals surface area contributed by atoms with Crippen molar-refractivity contribution in [3.8, 4) is 0 Å². The number of carbonyl (C=O) groups is 1. The highest BCUT2D eigenvalue weighted by Crippen LogP contribution is 2.11. The largest absolute Gasteiger partial charge is 0.533 e. The van der Waals surface area contributed by atoms with E-state index in [1.165, 1.54) is 23.9 Å². The van der Waals surface area contributed by atoms with Crippen molar-refractivity contribution in [1.82, 2.24) is 5.06 Å². The van der Waals surface area contributed by atoms with E-state index in [2.05, 4.69) is 9.73 Å². The highest BCUT2D eigenvalue weighted by atomic mass is 32.2. The summed E-state index contributed by atoms with van der Waals surface area (Å²) in [6.45, 7) is 1.26. The first kappa shape index (κ1) is 9.18. The molecular weight excluding hydrogens is 180 g/mol. The minimum atomic E-state index is -0.710. The van der Waals surface area contributed by atoms with Crippen LogP contribution in [0.25, 0.3) is 0 Å². The van der Waals surface area contributed by atoms with E-state index in [0.29, 0.717) is 18.3 Å². The monoisotopic (exact) mass is 190 g/mol. The van der Waals surface area contributed by atoms with Gasteiger partial charge >= 0.3 is 6.16 Å². The standard InChI is InChI=1S/C6H10N2O3S/c1-10-6(9)11-8-4-3-7-5(8)12-2/h3-4H2,1-2H3. The predicted molar refractivity (Wildman–Crippen MR) is 46.0 cm³/mol. The SMILES string of the molecule is COC(=O)ON1CCN=C1SC. The number of ether oxygens (including phenoxy) is 1. The summed E-state index contributed by atoms with van der Waals surface area (Å²) in [4.78, 5) is 19.6. The molecular formula is C6H10N2O3S. The molecule has 0 amide bonds. The number of aliphatic imine (C=N–C) groups is 1. The Morgan fingerprint density at radius 3 is 3.08 bits per heavy atom. The highest BCUT2D eigenvalue weighted by Gasteiger charge is 2.20. The number of nitrogens with zero attached hydrogens (tertiary/aromatic N) is 2. The van der Waals surface area contributed by atoms with Crippen LogP contribution >= 0.6 is 11.8 Å². The van der Waals surface area contributed by atoms with Crippen LogP contribution in [0.2, 0.25) is 0 Å². The van der Waals surface area contributed by atoms with Gasteiger partial charge in [0.25, 0.3) is 0 Å². The molecule has 68 valence electrons. The van der Waals surface area contributed by atoms with Gasteiger partial charge in [-0.1, -0.05) is 11.8 Å². The van der Waals surface area contributed by atoms with Crippen molar-refractivity contribution in [2.24, 2.45) is 4.99 Å². The Bertz CT molecular complexity index is 207. The van der Waals surface area contributed by atoms with Crippen LogP contribution in [0.15, 0.2) is 4.99 Å². The van der Waals surface area contributed by atoms with E-state index >= 15 is 0 Å². The van der Waals surface area contributed by atoms with Crippen molar-refractivity contribution in [2.75, 3.05) is 26.5 Å². The van der Waals surface area contributed by atoms with Gasteiger partial charge in [0.2, 0.25) is 0 Å². The molecule has 1 aliphatic rings. The molecule has 0 saturated carbocycles. The molecule has 0 bridgehead atoms. The molecule has 0 aliphatic carbocycles. The lowest BCUT2D eigenvalue weighted by Gasteiger charge is -2.15. The molecule has 0 spiro atoms. The molecule has 1 rings (SSSR count). The van der Waals surface area contributed by atoms with E-state index in [0.717, 1.165) is 0 Å². The Labute approximate surface area is 74.7 Å². The van der Waals surface area contributed by atoms with Gasteiger partial charge in [0.05, 0.1) is 20.2 Å². The summed E-state index contributed by atoms with van der Waals surface area (Å²) in [6.07, 6.45) is 1.16. The Morgan fingerprint density at radius 1 is 1.75 bits per heavy atom. The molecule has 0 aromatic rings. The maximum Gasteiger partial charge on any atom is 0.533 e. The first-order valence-corrected chi connectivity index (χ1v) is 4.62. The molecule has 6 heteroatoms. The van der Waals surface area contributed by atoms with Crippen molar-refractivity contribution in [3.05, 3.63) is 0 Å². The number of hydrogen-bond donors (Lipinski definition) is 0. The molecule has 1 aliphatic heterocycles. The van der Waals surface area contributed by atoms with Gasteiger partial charge in [-0.25, -0.2) is 4.79 Å². The van der Waals surface area contributed by atoms with E-state index in [-0.39, 0.29) is 0 Å². The first-order chi connectivity index (χ1) is 5.77. The summed E-state index contributed by atoms with van der Waals surface area (Å²) < 4.78 is 4.34. The van der Waals surface area contributed by atoms with Crippen molar-refractivity contribution in [3.63, 3.8) is 0 Å². The van der Waals surface area contributed by atoms with Gasteiger partial charge in [-0.15, -0.1) is 0 Å². The second kappa shape index (κ2) is 4.20. The normalized spacial score (nSPS) is 15.8. The lowest BCUT2D eigenvalue weighted by molar-refractivity contribution is -0.0600. The molecule has 0 N–H and O–H groups in total. The maximum absolute atomic E-state index is 10.7. The molecule has 0 radical (unpaired) electrons. The first-order valence-electron chi connectivity index (χ1n) is 3.40. The molecule has 0 saturated heterocycles. The fraction of sp³-hybridized carbons (Fsp3) is 0.667. The second-order valence-corrected chi connectivity index (χ2v) is 2.79. The second-order valence-electron chi connectivity index (χ2n) is 2.02. The Hall–Kier alpha value is -0.910. The van der Waals surface area contributed by atoms with Crippen molar-refractivity contribution in [1.29, 1.82) is 0 Å². The third-order valence-electron chi connectivity index (χ3n) is 1.30. The van der Waals surface area contributed by atoms with Crippen LogP contribution in [0.4, 0.5) is 4.79 Å². The average Bonchev–Trinajstić information content (AvgIpc) is 2.51. The van der Waals surface area contributed by atoms with Crippen molar-refractivity contribution in [2.45, 2.75) is 0 Å². The van der Waals surface area contributed by atoms with E-state index in [9.17, 15) is 4.79 Å². The third-order valence-corrected chi connectivity index (χ3v) is 2.00. The summed E-state index contributed by atoms with van der Waals surface area (Å²) in [5.41, 5.74) is 0. The number of hydroxylamine groups is 2. The molecule has 0 aromatic carbocycles. The van der Waals surface area contributed by atoms with Gasteiger partial charge in [0.1, 0.15) is 0 Å². The number of carbonyl (C=O) groups excluding carboxylic acids is 1. The van der Waals surface area contributed by atoms with Gasteiger partial charge in [-0.3, -0.25) is 4.99 Å². The fourth-order valence-electron chi connectivity index (χ4n) is 0.789. The molecule has 0 fully saturated rings. The van der Waals surface area contributed by atoms with E-state index in [4.69, 9.17) is 4.84 Å². The van der Waals surface area contributed by atoms with Crippen LogP contribution in [0.3, 0.4) is 0 Å². The molecule has 0 atom stereocenters. The lowest BCUT2D eigenvalue weighted by Crippen LogP contribution is -2.28. The molecule has 0 aromatic heterocycles. The Kier molecular flexibility index (Phi) is 3.21. The summed E-state index contributed by atoms with van der Waals surface area (Å²) >= 11 is 1.44. The van der Waals surface area contributed by atoms with Gasteiger partial charge in [-0.05, 0) is 6.26 Å². The third kappa shape index (κ3) is 2.04. The van der Waals surface area contributed by atoms with Gasteiger partial charge in [0.15, 0.2) is 5.17 Å². The van der Waals surface area contributed by atoms with Crippen LogP contribution in [-0.4, -0.2) is 42.8 Å².